The molecule has 0 bridgehead atoms. The molecule has 0 radical (unpaired) electrons. The van der Waals surface area contributed by atoms with E-state index in [1.165, 1.54) is 30.6 Å². The average molecular weight is 216 g/mol. The molecule has 2 heterocycles. The van der Waals surface area contributed by atoms with Gasteiger partial charge in [-0.1, -0.05) is 37.6 Å². The Morgan fingerprint density at radius 3 is 2.50 bits per heavy atom. The van der Waals surface area contributed by atoms with Gasteiger partial charge in [0, 0.05) is 25.7 Å². The topological polar surface area (TPSA) is 15.3 Å². The summed E-state index contributed by atoms with van der Waals surface area (Å²) < 4.78 is 0. The van der Waals surface area contributed by atoms with Gasteiger partial charge in [0.05, 0.1) is 0 Å². The molecular formula is C14H20N2. The molecule has 2 nitrogen and oxygen atoms in total. The third-order valence-corrected chi connectivity index (χ3v) is 4.16. The van der Waals surface area contributed by atoms with Crippen LogP contribution in [0.4, 0.5) is 0 Å². The molecule has 2 unspecified atom stereocenters. The molecule has 1 saturated heterocycles. The van der Waals surface area contributed by atoms with E-state index in [9.17, 15) is 0 Å². The minimum atomic E-state index is 0.748. The van der Waals surface area contributed by atoms with Gasteiger partial charge in [0.15, 0.2) is 0 Å². The highest BCUT2D eigenvalue weighted by Gasteiger charge is 2.33. The molecule has 3 rings (SSSR count). The zero-order valence-electron chi connectivity index (χ0n) is 9.95. The zero-order valence-corrected chi connectivity index (χ0v) is 9.95. The molecular weight excluding hydrogens is 196 g/mol. The molecule has 0 aromatic heterocycles. The molecule has 2 heteroatoms. The largest absolute Gasteiger partial charge is 0.315 e. The Morgan fingerprint density at radius 2 is 1.88 bits per heavy atom. The molecule has 0 aliphatic carbocycles. The Morgan fingerprint density at radius 1 is 1.19 bits per heavy atom. The van der Waals surface area contributed by atoms with Crippen LogP contribution in [0.15, 0.2) is 24.3 Å². The predicted molar refractivity (Wildman–Crippen MR) is 66.1 cm³/mol. The van der Waals surface area contributed by atoms with E-state index in [-0.39, 0.29) is 0 Å². The Hall–Kier alpha value is -0.860. The van der Waals surface area contributed by atoms with E-state index < -0.39 is 0 Å². The molecule has 1 N–H and O–H groups in total. The minimum absolute atomic E-state index is 0.748. The van der Waals surface area contributed by atoms with Crippen molar-refractivity contribution in [2.75, 3.05) is 13.1 Å². The van der Waals surface area contributed by atoms with E-state index in [1.54, 1.807) is 0 Å². The Bertz CT molecular complexity index is 350. The van der Waals surface area contributed by atoms with Gasteiger partial charge in [-0.25, -0.2) is 0 Å². The average Bonchev–Trinajstić information content (AvgIpc) is 2.94. The first-order chi connectivity index (χ1) is 7.88. The molecule has 0 spiro atoms. The minimum Gasteiger partial charge on any atom is -0.315 e. The summed E-state index contributed by atoms with van der Waals surface area (Å²) in [4.78, 5) is 2.65. The smallest absolute Gasteiger partial charge is 0.0267 e. The van der Waals surface area contributed by atoms with Crippen molar-refractivity contribution in [2.45, 2.75) is 32.5 Å². The maximum Gasteiger partial charge on any atom is 0.0267 e. The maximum absolute atomic E-state index is 3.54. The summed E-state index contributed by atoms with van der Waals surface area (Å²) in [5.41, 5.74) is 3.06. The van der Waals surface area contributed by atoms with E-state index in [2.05, 4.69) is 41.4 Å². The lowest BCUT2D eigenvalue weighted by molar-refractivity contribution is 0.170. The van der Waals surface area contributed by atoms with Crippen molar-refractivity contribution in [3.8, 4) is 0 Å². The lowest BCUT2D eigenvalue weighted by Gasteiger charge is -2.27. The van der Waals surface area contributed by atoms with Crippen LogP contribution in [0.1, 0.15) is 24.5 Å². The van der Waals surface area contributed by atoms with E-state index in [4.69, 9.17) is 0 Å². The van der Waals surface area contributed by atoms with E-state index in [0.29, 0.717) is 0 Å². The van der Waals surface area contributed by atoms with E-state index >= 15 is 0 Å². The highest BCUT2D eigenvalue weighted by Crippen LogP contribution is 2.29. The van der Waals surface area contributed by atoms with Crippen LogP contribution >= 0.6 is 0 Å². The van der Waals surface area contributed by atoms with Gasteiger partial charge in [-0.05, 0) is 23.6 Å². The molecule has 1 fully saturated rings. The highest BCUT2D eigenvalue weighted by molar-refractivity contribution is 5.30. The first-order valence-corrected chi connectivity index (χ1v) is 6.40. The quantitative estimate of drug-likeness (QED) is 0.813. The van der Waals surface area contributed by atoms with Crippen LogP contribution in [-0.2, 0) is 13.1 Å². The molecule has 2 atom stereocenters. The van der Waals surface area contributed by atoms with E-state index in [0.717, 1.165) is 25.0 Å². The van der Waals surface area contributed by atoms with Gasteiger partial charge < -0.3 is 5.32 Å². The number of nitrogens with one attached hydrogen (secondary N) is 1. The molecule has 0 saturated carbocycles. The fourth-order valence-electron chi connectivity index (χ4n) is 3.16. The monoisotopic (exact) mass is 216 g/mol. The molecule has 1 aromatic rings. The number of benzene rings is 1. The number of hydrogen-bond donors (Lipinski definition) is 1. The second-order valence-electron chi connectivity index (χ2n) is 5.07. The van der Waals surface area contributed by atoms with Crippen LogP contribution in [0.25, 0.3) is 0 Å². The van der Waals surface area contributed by atoms with Crippen LogP contribution in [-0.4, -0.2) is 24.0 Å². The summed E-state index contributed by atoms with van der Waals surface area (Å²) in [6, 6.07) is 9.62. The van der Waals surface area contributed by atoms with Gasteiger partial charge in [0.25, 0.3) is 0 Å². The fraction of sp³-hybridized carbons (Fsp3) is 0.571. The molecule has 2 aliphatic heterocycles. The molecule has 0 amide bonds. The SMILES string of the molecule is CCC1CNCC1N1Cc2ccccc2C1. The second-order valence-corrected chi connectivity index (χ2v) is 5.07. The van der Waals surface area contributed by atoms with Crippen LogP contribution in [0.2, 0.25) is 0 Å². The number of rotatable bonds is 2. The van der Waals surface area contributed by atoms with Gasteiger partial charge >= 0.3 is 0 Å². The number of fused-ring (bicyclic) bond motifs is 1. The second kappa shape index (κ2) is 4.19. The van der Waals surface area contributed by atoms with Crippen LogP contribution < -0.4 is 5.32 Å². The van der Waals surface area contributed by atoms with Crippen molar-refractivity contribution in [1.82, 2.24) is 10.2 Å². The van der Waals surface area contributed by atoms with Crippen molar-refractivity contribution < 1.29 is 0 Å². The third kappa shape index (κ3) is 1.66. The van der Waals surface area contributed by atoms with Gasteiger partial charge in [-0.15, -0.1) is 0 Å². The highest BCUT2D eigenvalue weighted by atomic mass is 15.2. The normalized spacial score (nSPS) is 29.6. The van der Waals surface area contributed by atoms with Crippen molar-refractivity contribution >= 4 is 0 Å². The standard InChI is InChI=1S/C14H20N2/c1-2-11-7-15-8-14(11)16-9-12-5-3-4-6-13(12)10-16/h3-6,11,14-15H,2,7-10H2,1H3. The van der Waals surface area contributed by atoms with Crippen molar-refractivity contribution in [1.29, 1.82) is 0 Å². The van der Waals surface area contributed by atoms with Gasteiger partial charge in [-0.2, -0.15) is 0 Å². The summed E-state index contributed by atoms with van der Waals surface area (Å²) in [7, 11) is 0. The Labute approximate surface area is 97.6 Å². The molecule has 1 aromatic carbocycles. The third-order valence-electron chi connectivity index (χ3n) is 4.16. The lowest BCUT2D eigenvalue weighted by Crippen LogP contribution is -2.36. The summed E-state index contributed by atoms with van der Waals surface area (Å²) in [6.45, 7) is 6.99. The van der Waals surface area contributed by atoms with Crippen molar-refractivity contribution in [2.24, 2.45) is 5.92 Å². The summed E-state index contributed by atoms with van der Waals surface area (Å²) in [5, 5.41) is 3.54. The molecule has 86 valence electrons. The summed E-state index contributed by atoms with van der Waals surface area (Å²) in [5.74, 6) is 0.842. The summed E-state index contributed by atoms with van der Waals surface area (Å²) in [6.07, 6.45) is 1.30. The van der Waals surface area contributed by atoms with Crippen molar-refractivity contribution in [3.05, 3.63) is 35.4 Å². The number of nitrogens with zero attached hydrogens (tertiary/aromatic N) is 1. The first-order valence-electron chi connectivity index (χ1n) is 6.40. The Kier molecular flexibility index (Phi) is 2.70. The summed E-state index contributed by atoms with van der Waals surface area (Å²) >= 11 is 0. The Balaban J connectivity index is 1.76. The predicted octanol–water partition coefficient (Wildman–Crippen LogP) is 2.00. The van der Waals surface area contributed by atoms with Crippen molar-refractivity contribution in [3.63, 3.8) is 0 Å². The van der Waals surface area contributed by atoms with Crippen LogP contribution in [0, 0.1) is 5.92 Å². The van der Waals surface area contributed by atoms with Gasteiger partial charge in [0.1, 0.15) is 0 Å². The zero-order chi connectivity index (χ0) is 11.0. The fourth-order valence-corrected chi connectivity index (χ4v) is 3.16. The lowest BCUT2D eigenvalue weighted by atomic mass is 10.00. The first kappa shape index (κ1) is 10.3. The molecule has 2 aliphatic rings. The maximum atomic E-state index is 3.54. The van der Waals surface area contributed by atoms with Crippen LogP contribution in [0.5, 0.6) is 0 Å². The molecule has 16 heavy (non-hydrogen) atoms. The van der Waals surface area contributed by atoms with Gasteiger partial charge in [0.2, 0.25) is 0 Å². The van der Waals surface area contributed by atoms with E-state index in [1.807, 2.05) is 0 Å². The van der Waals surface area contributed by atoms with Crippen LogP contribution in [0.3, 0.4) is 0 Å². The number of hydrogen-bond acceptors (Lipinski definition) is 2. The van der Waals surface area contributed by atoms with Gasteiger partial charge in [-0.3, -0.25) is 4.90 Å².